The van der Waals surface area contributed by atoms with Crippen molar-refractivity contribution in [1.29, 1.82) is 0 Å². The summed E-state index contributed by atoms with van der Waals surface area (Å²) in [7, 11) is 0. The molecule has 0 radical (unpaired) electrons. The fourth-order valence-electron chi connectivity index (χ4n) is 13.4. The molecule has 11 aromatic rings. The van der Waals surface area contributed by atoms with Gasteiger partial charge in [0.15, 0.2) is 0 Å². The number of aromatic nitrogens is 4. The molecule has 5 nitrogen and oxygen atoms in total. The van der Waals surface area contributed by atoms with E-state index in [9.17, 15) is 0 Å². The molecule has 0 amide bonds. The maximum atomic E-state index is 6.93. The molecule has 2 atom stereocenters. The molecule has 0 spiro atoms. The smallest absolute Gasteiger partial charge is 0.0581 e. The first kappa shape index (κ1) is 45.3. The van der Waals surface area contributed by atoms with Gasteiger partial charge in [-0.3, -0.25) is 0 Å². The average Bonchev–Trinajstić information content (AvgIpc) is 4.19. The summed E-state index contributed by atoms with van der Waals surface area (Å²) in [4.78, 5) is 5.18. The van der Waals surface area contributed by atoms with E-state index in [1.165, 1.54) is 119 Å². The predicted octanol–water partition coefficient (Wildman–Crippen LogP) is 18.0. The molecule has 0 bridgehead atoms. The van der Waals surface area contributed by atoms with Gasteiger partial charge in [0.2, 0.25) is 0 Å². The number of pyridine rings is 1. The van der Waals surface area contributed by atoms with Gasteiger partial charge in [-0.05, 0) is 42.4 Å². The molecule has 2 unspecified atom stereocenters. The van der Waals surface area contributed by atoms with Crippen molar-refractivity contribution < 1.29 is 24.1 Å². The topological polar surface area (TPSA) is 36.9 Å². The molecule has 3 aromatic heterocycles. The monoisotopic (exact) mass is 1140 g/mol. The summed E-state index contributed by atoms with van der Waals surface area (Å²) in [5, 5.41) is 2.35. The van der Waals surface area contributed by atoms with Crippen molar-refractivity contribution >= 4 is 32.8 Å². The van der Waals surface area contributed by atoms with Gasteiger partial charge >= 0.3 is 337 Å². The first-order valence-electron chi connectivity index (χ1n) is 26.9. The van der Waals surface area contributed by atoms with Crippen LogP contribution in [0.5, 0.6) is 11.5 Å². The third kappa shape index (κ3) is 7.77. The Hall–Kier alpha value is -7.33. The van der Waals surface area contributed by atoms with Gasteiger partial charge in [-0.25, -0.2) is 0 Å². The van der Waals surface area contributed by atoms with Crippen molar-refractivity contribution in [2.75, 3.05) is 0 Å². The van der Waals surface area contributed by atoms with Crippen LogP contribution < -0.4 is 4.74 Å². The first-order chi connectivity index (χ1) is 36.5. The van der Waals surface area contributed by atoms with Crippen LogP contribution in [0.2, 0.25) is 0 Å². The zero-order valence-corrected chi connectivity index (χ0v) is 44.1. The Morgan fingerprint density at radius 3 is 1.99 bits per heavy atom. The van der Waals surface area contributed by atoms with Gasteiger partial charge in [0.1, 0.15) is 0 Å². The van der Waals surface area contributed by atoms with Crippen LogP contribution in [0, 0.1) is 16.6 Å². The number of benzene rings is 8. The Morgan fingerprint density at radius 2 is 1.20 bits per heavy atom. The summed E-state index contributed by atoms with van der Waals surface area (Å²) < 4.78 is 15.3. The third-order valence-electron chi connectivity index (χ3n) is 16.9. The van der Waals surface area contributed by atoms with Crippen LogP contribution in [0.4, 0.5) is 0 Å². The van der Waals surface area contributed by atoms with Crippen LogP contribution in [0.15, 0.2) is 194 Å². The Kier molecular flexibility index (Phi) is 11.5. The molecule has 6 heteroatoms. The van der Waals surface area contributed by atoms with E-state index in [1.807, 2.05) is 0 Å². The predicted molar refractivity (Wildman–Crippen MR) is 300 cm³/mol. The Morgan fingerprint density at radius 1 is 0.514 bits per heavy atom. The summed E-state index contributed by atoms with van der Waals surface area (Å²) in [6.07, 6.45) is 15.0. The number of fused-ring (bicyclic) bond motifs is 7. The second-order valence-electron chi connectivity index (χ2n) is 21.1. The van der Waals surface area contributed by atoms with E-state index in [1.54, 1.807) is 5.56 Å². The van der Waals surface area contributed by atoms with Crippen LogP contribution in [0.1, 0.15) is 91.9 Å². The molecule has 0 N–H and O–H groups in total. The number of hydrogen-bond acceptors (Lipinski definition) is 2. The minimum atomic E-state index is 0.613. The Bertz CT molecular complexity index is 3990. The van der Waals surface area contributed by atoms with Crippen molar-refractivity contribution in [3.63, 3.8) is 0 Å². The number of nitrogens with zero attached hydrogens (tertiary/aromatic N) is 4. The third-order valence-corrected chi connectivity index (χ3v) is 17.9. The molecule has 8 aromatic carbocycles. The summed E-state index contributed by atoms with van der Waals surface area (Å²) in [6.45, 7) is 2.21. The van der Waals surface area contributed by atoms with Gasteiger partial charge in [-0.15, -0.1) is 0 Å². The van der Waals surface area contributed by atoms with Crippen molar-refractivity contribution in [2.45, 2.75) is 83.0 Å². The van der Waals surface area contributed by atoms with Gasteiger partial charge in [-0.1, -0.05) is 55.7 Å². The van der Waals surface area contributed by atoms with E-state index in [-0.39, 0.29) is 0 Å². The maximum absolute atomic E-state index is 6.93. The summed E-state index contributed by atoms with van der Waals surface area (Å²) in [5.41, 5.74) is 20.1. The minimum Gasteiger partial charge on any atom is -0.0581 e. The van der Waals surface area contributed by atoms with Crippen molar-refractivity contribution in [1.82, 2.24) is 18.7 Å². The zero-order valence-electron chi connectivity index (χ0n) is 41.8. The van der Waals surface area contributed by atoms with Crippen molar-refractivity contribution in [3.05, 3.63) is 220 Å². The second-order valence-corrected chi connectivity index (χ2v) is 22.1. The molecule has 0 aliphatic heterocycles. The summed E-state index contributed by atoms with van der Waals surface area (Å²) in [6, 6.07) is 69.1. The number of imidazole rings is 1. The van der Waals surface area contributed by atoms with Crippen LogP contribution in [0.25, 0.3) is 83.4 Å². The molecular formula is C68H58N4OPt. The summed E-state index contributed by atoms with van der Waals surface area (Å²) in [5.74, 6) is 4.51. The van der Waals surface area contributed by atoms with Crippen LogP contribution in [-0.2, 0) is 25.8 Å². The first-order valence-corrected chi connectivity index (χ1v) is 28.1. The quantitative estimate of drug-likeness (QED) is 0.144. The molecule has 3 heterocycles. The molecule has 2 fully saturated rings. The van der Waals surface area contributed by atoms with E-state index in [2.05, 4.69) is 234 Å². The number of rotatable bonds is 9. The zero-order chi connectivity index (χ0) is 49.3. The standard InChI is InChI=1S/C68H58N4O.Pt/c1-45-39-66(69-43-61(45)50-33-31-47(32-34-50)46-17-5-2-6-18-46)72-62-28-12-11-26-56(62)57-38-36-54(41-65(57)72)73-53-25-16-24-52(40-53)70-44-71(64-30-14-13-29-63(64)70)68-59(48-19-7-3-8-20-48)42-60-55-27-15-23-49(55)35-37-58(60)67(68)51-21-9-4-10-22-51;/h3-4,7-14,16,19-22,24-26,28-34,36,38-43,46,49,55H,2,5-6,15,17-18,23,27,35,37H2,1H3;. The average molecular weight is 1140 g/mol. The number of ether oxygens (including phenoxy) is 1. The number of para-hydroxylation sites is 3. The minimum absolute atomic E-state index is 0.613. The van der Waals surface area contributed by atoms with Crippen LogP contribution >= 0.6 is 0 Å². The van der Waals surface area contributed by atoms with E-state index < -0.39 is 0 Å². The van der Waals surface area contributed by atoms with Gasteiger partial charge < -0.3 is 0 Å². The van der Waals surface area contributed by atoms with Gasteiger partial charge in [-0.2, -0.15) is 0 Å². The van der Waals surface area contributed by atoms with Crippen LogP contribution in [-0.4, -0.2) is 18.7 Å². The fourth-order valence-corrected chi connectivity index (χ4v) is 14.5. The van der Waals surface area contributed by atoms with Crippen molar-refractivity contribution in [2.24, 2.45) is 5.92 Å². The van der Waals surface area contributed by atoms with Gasteiger partial charge in [0.25, 0.3) is 0 Å². The SMILES string of the molecule is Cc1cc(-n2c3ccccc3c3ccc(Oc4cccc(-n5[c](=[Pt])n(-c6c(-c7ccccc7)cc7c(c6-c6ccccc6)CCC6CCCC76)c6ccccc65)c4)cc32)ncc1-c1ccc(C2CCCCC2)cc1. The van der Waals surface area contributed by atoms with E-state index in [0.29, 0.717) is 11.8 Å². The second kappa shape index (κ2) is 18.9. The molecule has 3 aliphatic carbocycles. The fraction of sp³-hybridized carbons (Fsp3) is 0.206. The molecule has 74 heavy (non-hydrogen) atoms. The van der Waals surface area contributed by atoms with E-state index in [0.717, 1.165) is 66.6 Å². The normalized spacial score (nSPS) is 16.7. The molecule has 3 aliphatic rings. The van der Waals surface area contributed by atoms with Gasteiger partial charge in [0, 0.05) is 11.8 Å². The molecule has 2 saturated carbocycles. The molecular weight excluding hydrogens is 1080 g/mol. The Labute approximate surface area is 444 Å². The van der Waals surface area contributed by atoms with Gasteiger partial charge in [0.05, 0.1) is 0 Å². The van der Waals surface area contributed by atoms with Crippen molar-refractivity contribution in [3.8, 4) is 62.1 Å². The molecule has 0 saturated heterocycles. The van der Waals surface area contributed by atoms with E-state index >= 15 is 0 Å². The number of aryl methyl sites for hydroxylation is 1. The summed E-state index contributed by atoms with van der Waals surface area (Å²) >= 11 is 2.58. The number of hydrogen-bond donors (Lipinski definition) is 0. The molecule has 14 rings (SSSR count). The van der Waals surface area contributed by atoms with Crippen LogP contribution in [0.3, 0.4) is 0 Å². The Balaban J connectivity index is 0.861. The van der Waals surface area contributed by atoms with E-state index in [4.69, 9.17) is 9.72 Å². The molecule has 366 valence electrons.